The SMILES string of the molecule is COc1cc(C)ccc1N=NC(C(C)=O)C(=O)Nc1ccccc1OC. The molecule has 0 saturated heterocycles. The number of Topliss-reactive ketones (excluding diaryl/α,β-unsaturated/α-hetero) is 1. The van der Waals surface area contributed by atoms with Crippen LogP contribution in [0.5, 0.6) is 11.5 Å². The molecule has 0 spiro atoms. The molecule has 0 radical (unpaired) electrons. The summed E-state index contributed by atoms with van der Waals surface area (Å²) in [5.41, 5.74) is 1.89. The molecule has 2 rings (SSSR count). The van der Waals surface area contributed by atoms with Crippen molar-refractivity contribution in [2.45, 2.75) is 19.9 Å². The number of nitrogens with zero attached hydrogens (tertiary/aromatic N) is 2. The fourth-order valence-electron chi connectivity index (χ4n) is 2.25. The van der Waals surface area contributed by atoms with Gasteiger partial charge in [0.15, 0.2) is 5.78 Å². The number of para-hydroxylation sites is 2. The Hall–Kier alpha value is -3.22. The summed E-state index contributed by atoms with van der Waals surface area (Å²) in [7, 11) is 3.02. The molecule has 2 aromatic rings. The number of hydrogen-bond acceptors (Lipinski definition) is 6. The van der Waals surface area contributed by atoms with Crippen LogP contribution in [0.4, 0.5) is 11.4 Å². The number of rotatable bonds is 7. The highest BCUT2D eigenvalue weighted by Crippen LogP contribution is 2.29. The minimum Gasteiger partial charge on any atom is -0.495 e. The first-order valence-corrected chi connectivity index (χ1v) is 7.96. The molecule has 1 amide bonds. The van der Waals surface area contributed by atoms with Crippen LogP contribution in [-0.2, 0) is 9.59 Å². The molecule has 1 N–H and O–H groups in total. The van der Waals surface area contributed by atoms with Crippen LogP contribution in [0.25, 0.3) is 0 Å². The highest BCUT2D eigenvalue weighted by atomic mass is 16.5. The third-order valence-corrected chi connectivity index (χ3v) is 3.61. The van der Waals surface area contributed by atoms with Crippen LogP contribution < -0.4 is 14.8 Å². The molecule has 2 aromatic carbocycles. The molecular formula is C19H21N3O4. The zero-order valence-corrected chi connectivity index (χ0v) is 15.1. The zero-order valence-electron chi connectivity index (χ0n) is 15.1. The van der Waals surface area contributed by atoms with Crippen molar-refractivity contribution in [3.05, 3.63) is 48.0 Å². The largest absolute Gasteiger partial charge is 0.495 e. The molecule has 0 aliphatic carbocycles. The van der Waals surface area contributed by atoms with E-state index >= 15 is 0 Å². The summed E-state index contributed by atoms with van der Waals surface area (Å²) >= 11 is 0. The summed E-state index contributed by atoms with van der Waals surface area (Å²) in [6.07, 6.45) is 0. The van der Waals surface area contributed by atoms with E-state index in [1.807, 2.05) is 13.0 Å². The van der Waals surface area contributed by atoms with Crippen LogP contribution in [0.15, 0.2) is 52.7 Å². The van der Waals surface area contributed by atoms with Gasteiger partial charge >= 0.3 is 0 Å². The molecule has 0 bridgehead atoms. The average molecular weight is 355 g/mol. The lowest BCUT2D eigenvalue weighted by molar-refractivity contribution is -0.126. The van der Waals surface area contributed by atoms with E-state index < -0.39 is 17.7 Å². The molecular weight excluding hydrogens is 334 g/mol. The van der Waals surface area contributed by atoms with Crippen LogP contribution in [0.3, 0.4) is 0 Å². The van der Waals surface area contributed by atoms with E-state index in [-0.39, 0.29) is 0 Å². The Morgan fingerprint density at radius 1 is 1.04 bits per heavy atom. The Bertz CT molecular complexity index is 833. The number of ketones is 1. The van der Waals surface area contributed by atoms with Gasteiger partial charge in [-0.3, -0.25) is 9.59 Å². The van der Waals surface area contributed by atoms with Gasteiger partial charge in [-0.15, -0.1) is 0 Å². The Labute approximate surface area is 152 Å². The molecule has 7 heteroatoms. The molecule has 1 unspecified atom stereocenters. The normalized spacial score (nSPS) is 11.8. The van der Waals surface area contributed by atoms with Crippen molar-refractivity contribution in [3.8, 4) is 11.5 Å². The number of benzene rings is 2. The third-order valence-electron chi connectivity index (χ3n) is 3.61. The van der Waals surface area contributed by atoms with Crippen molar-refractivity contribution >= 4 is 23.1 Å². The predicted octanol–water partition coefficient (Wildman–Crippen LogP) is 3.69. The van der Waals surface area contributed by atoms with E-state index in [1.165, 1.54) is 21.1 Å². The molecule has 0 fully saturated rings. The second kappa shape index (κ2) is 8.75. The predicted molar refractivity (Wildman–Crippen MR) is 98.3 cm³/mol. The lowest BCUT2D eigenvalue weighted by Gasteiger charge is -2.12. The van der Waals surface area contributed by atoms with E-state index in [9.17, 15) is 9.59 Å². The number of azo groups is 1. The molecule has 0 saturated carbocycles. The van der Waals surface area contributed by atoms with Gasteiger partial charge in [-0.25, -0.2) is 0 Å². The zero-order chi connectivity index (χ0) is 19.1. The number of anilines is 1. The second-order valence-corrected chi connectivity index (χ2v) is 5.59. The molecule has 26 heavy (non-hydrogen) atoms. The molecule has 7 nitrogen and oxygen atoms in total. The van der Waals surface area contributed by atoms with Gasteiger partial charge in [0.25, 0.3) is 5.91 Å². The molecule has 1 atom stereocenters. The van der Waals surface area contributed by atoms with Gasteiger partial charge in [-0.2, -0.15) is 10.2 Å². The van der Waals surface area contributed by atoms with E-state index in [2.05, 4.69) is 15.5 Å². The van der Waals surface area contributed by atoms with Gasteiger partial charge in [0.2, 0.25) is 6.04 Å². The highest BCUT2D eigenvalue weighted by Gasteiger charge is 2.24. The van der Waals surface area contributed by atoms with Crippen LogP contribution in [0.2, 0.25) is 0 Å². The number of carbonyl (C=O) groups excluding carboxylic acids is 2. The second-order valence-electron chi connectivity index (χ2n) is 5.59. The maximum Gasteiger partial charge on any atom is 0.258 e. The Balaban J connectivity index is 2.23. The average Bonchev–Trinajstić information content (AvgIpc) is 2.63. The summed E-state index contributed by atoms with van der Waals surface area (Å²) < 4.78 is 10.4. The lowest BCUT2D eigenvalue weighted by atomic mass is 10.2. The van der Waals surface area contributed by atoms with E-state index in [4.69, 9.17) is 9.47 Å². The molecule has 0 aliphatic heterocycles. The number of amides is 1. The fourth-order valence-corrected chi connectivity index (χ4v) is 2.25. The minimum absolute atomic E-state index is 0.424. The van der Waals surface area contributed by atoms with Crippen molar-refractivity contribution in [2.24, 2.45) is 10.2 Å². The lowest BCUT2D eigenvalue weighted by Crippen LogP contribution is -2.31. The minimum atomic E-state index is -1.27. The fraction of sp³-hybridized carbons (Fsp3) is 0.263. The van der Waals surface area contributed by atoms with E-state index in [0.29, 0.717) is 22.9 Å². The maximum atomic E-state index is 12.5. The van der Waals surface area contributed by atoms with E-state index in [1.54, 1.807) is 36.4 Å². The van der Waals surface area contributed by atoms with Gasteiger partial charge in [0.1, 0.15) is 17.2 Å². The monoisotopic (exact) mass is 355 g/mol. The Kier molecular flexibility index (Phi) is 6.43. The quantitative estimate of drug-likeness (QED) is 0.606. The van der Waals surface area contributed by atoms with Crippen LogP contribution in [-0.4, -0.2) is 32.0 Å². The van der Waals surface area contributed by atoms with Crippen molar-refractivity contribution in [2.75, 3.05) is 19.5 Å². The summed E-state index contributed by atoms with van der Waals surface area (Å²) in [5, 5.41) is 10.6. The van der Waals surface area contributed by atoms with Gasteiger partial charge in [-0.1, -0.05) is 18.2 Å². The maximum absolute atomic E-state index is 12.5. The summed E-state index contributed by atoms with van der Waals surface area (Å²) in [6.45, 7) is 3.21. The number of carbonyl (C=O) groups is 2. The van der Waals surface area contributed by atoms with Gasteiger partial charge in [0, 0.05) is 0 Å². The third kappa shape index (κ3) is 4.66. The first kappa shape index (κ1) is 19.1. The van der Waals surface area contributed by atoms with Crippen LogP contribution >= 0.6 is 0 Å². The first-order chi connectivity index (χ1) is 12.5. The number of nitrogens with one attached hydrogen (secondary N) is 1. The van der Waals surface area contributed by atoms with Crippen molar-refractivity contribution < 1.29 is 19.1 Å². The van der Waals surface area contributed by atoms with Crippen molar-refractivity contribution in [3.63, 3.8) is 0 Å². The Morgan fingerprint density at radius 2 is 1.73 bits per heavy atom. The van der Waals surface area contributed by atoms with Crippen LogP contribution in [0.1, 0.15) is 12.5 Å². The molecule has 0 heterocycles. The van der Waals surface area contributed by atoms with Gasteiger partial charge in [0.05, 0.1) is 19.9 Å². The number of hydrogen-bond donors (Lipinski definition) is 1. The summed E-state index contributed by atoms with van der Waals surface area (Å²) in [4.78, 5) is 24.4. The summed E-state index contributed by atoms with van der Waals surface area (Å²) in [6, 6.07) is 11.0. The standard InChI is InChI=1S/C19H21N3O4/c1-12-9-10-15(17(11-12)26-4)21-22-18(13(2)23)19(24)20-14-7-5-6-8-16(14)25-3/h5-11,18H,1-4H3,(H,20,24). The topological polar surface area (TPSA) is 89.4 Å². The molecule has 136 valence electrons. The first-order valence-electron chi connectivity index (χ1n) is 7.96. The molecule has 0 aromatic heterocycles. The number of methoxy groups -OCH3 is 2. The summed E-state index contributed by atoms with van der Waals surface area (Å²) in [5.74, 6) is -0.00876. The Morgan fingerprint density at radius 3 is 2.38 bits per heavy atom. The number of ether oxygens (including phenoxy) is 2. The number of aryl methyl sites for hydroxylation is 1. The van der Waals surface area contributed by atoms with Crippen molar-refractivity contribution in [1.29, 1.82) is 0 Å². The highest BCUT2D eigenvalue weighted by molar-refractivity contribution is 6.10. The van der Waals surface area contributed by atoms with Gasteiger partial charge in [-0.05, 0) is 43.7 Å². The van der Waals surface area contributed by atoms with Crippen LogP contribution in [0, 0.1) is 6.92 Å². The molecule has 0 aliphatic rings. The van der Waals surface area contributed by atoms with Gasteiger partial charge < -0.3 is 14.8 Å². The van der Waals surface area contributed by atoms with E-state index in [0.717, 1.165) is 5.56 Å². The van der Waals surface area contributed by atoms with Crippen molar-refractivity contribution in [1.82, 2.24) is 0 Å². The smallest absolute Gasteiger partial charge is 0.258 e.